The van der Waals surface area contributed by atoms with Gasteiger partial charge in [0.1, 0.15) is 0 Å². The van der Waals surface area contributed by atoms with E-state index >= 15 is 0 Å². The van der Waals surface area contributed by atoms with Gasteiger partial charge in [0.05, 0.1) is 5.92 Å². The summed E-state index contributed by atoms with van der Waals surface area (Å²) in [5, 5.41) is 19.9. The molecule has 1 aliphatic heterocycles. The monoisotopic (exact) mass is 357 g/mol. The average Bonchev–Trinajstić information content (AvgIpc) is 3.27. The Morgan fingerprint density at radius 1 is 1.28 bits per heavy atom. The second-order valence-electron chi connectivity index (χ2n) is 6.57. The summed E-state index contributed by atoms with van der Waals surface area (Å²) in [7, 11) is 0. The molecule has 1 aromatic rings. The average molecular weight is 357 g/mol. The van der Waals surface area contributed by atoms with Gasteiger partial charge in [-0.2, -0.15) is 8.78 Å². The van der Waals surface area contributed by atoms with Gasteiger partial charge in [-0.05, 0) is 37.0 Å². The maximum Gasteiger partial charge on any atom is 0.387 e. The van der Waals surface area contributed by atoms with Crippen LogP contribution < -0.4 is 9.47 Å². The van der Waals surface area contributed by atoms with Crippen LogP contribution in [0.3, 0.4) is 0 Å². The van der Waals surface area contributed by atoms with Crippen LogP contribution in [0.15, 0.2) is 18.2 Å². The van der Waals surface area contributed by atoms with Gasteiger partial charge >= 0.3 is 12.6 Å². The zero-order chi connectivity index (χ0) is 18.2. The topological polar surface area (TPSA) is 79.2 Å². The molecule has 25 heavy (non-hydrogen) atoms. The summed E-state index contributed by atoms with van der Waals surface area (Å²) in [6.45, 7) is -0.411. The van der Waals surface area contributed by atoms with Crippen LogP contribution in [0.5, 0.6) is 11.5 Å². The van der Waals surface area contributed by atoms with Crippen molar-refractivity contribution in [3.63, 3.8) is 0 Å². The molecule has 2 N–H and O–H groups in total. The molecule has 1 aromatic carbocycles. The van der Waals surface area contributed by atoms with Gasteiger partial charge < -0.3 is 24.6 Å². The van der Waals surface area contributed by atoms with E-state index in [1.165, 1.54) is 19.1 Å². The fourth-order valence-electron chi connectivity index (χ4n) is 3.07. The predicted molar refractivity (Wildman–Crippen MR) is 83.2 cm³/mol. The summed E-state index contributed by atoms with van der Waals surface area (Å²) in [5.74, 6) is -3.26. The molecule has 6 nitrogen and oxygen atoms in total. The summed E-state index contributed by atoms with van der Waals surface area (Å²) in [6, 6.07) is 4.44. The minimum Gasteiger partial charge on any atom is -0.435 e. The Morgan fingerprint density at radius 2 is 2.00 bits per heavy atom. The summed E-state index contributed by atoms with van der Waals surface area (Å²) < 4.78 is 34.8. The molecular weight excluding hydrogens is 336 g/mol. The lowest BCUT2D eigenvalue weighted by molar-refractivity contribution is -0.306. The molecule has 1 aliphatic carbocycles. The molecule has 0 bridgehead atoms. The third kappa shape index (κ3) is 4.19. The van der Waals surface area contributed by atoms with Crippen LogP contribution in [0.25, 0.3) is 0 Å². The number of carbonyl (C=O) groups excluding carboxylic acids is 1. The Labute approximate surface area is 144 Å². The molecule has 1 saturated carbocycles. The number of amides is 1. The zero-order valence-electron chi connectivity index (χ0n) is 13.8. The van der Waals surface area contributed by atoms with Crippen LogP contribution in [-0.2, 0) is 4.79 Å². The van der Waals surface area contributed by atoms with Crippen molar-refractivity contribution in [1.82, 2.24) is 4.90 Å². The van der Waals surface area contributed by atoms with Crippen molar-refractivity contribution in [3.05, 3.63) is 23.8 Å². The number of alkyl halides is 2. The molecule has 2 fully saturated rings. The number of benzene rings is 1. The number of rotatable bonds is 6. The Balaban J connectivity index is 1.83. The summed E-state index contributed by atoms with van der Waals surface area (Å²) >= 11 is 0. The van der Waals surface area contributed by atoms with E-state index in [-0.39, 0.29) is 23.3 Å². The Hall–Kier alpha value is -1.93. The molecule has 1 atom stereocenters. The lowest BCUT2D eigenvalue weighted by atomic mass is 9.98. The predicted octanol–water partition coefficient (Wildman–Crippen LogP) is 2.05. The van der Waals surface area contributed by atoms with Gasteiger partial charge in [0.25, 0.3) is 0 Å². The Bertz CT molecular complexity index is 648. The number of hydrogen-bond acceptors (Lipinski definition) is 5. The number of halogens is 2. The van der Waals surface area contributed by atoms with E-state index < -0.39 is 18.5 Å². The van der Waals surface area contributed by atoms with Gasteiger partial charge in [0, 0.05) is 25.9 Å². The van der Waals surface area contributed by atoms with E-state index in [1.54, 1.807) is 11.0 Å². The fraction of sp³-hybridized carbons (Fsp3) is 0.588. The molecule has 0 spiro atoms. The lowest BCUT2D eigenvalue weighted by Crippen LogP contribution is -2.38. The van der Waals surface area contributed by atoms with Crippen molar-refractivity contribution in [1.29, 1.82) is 0 Å². The number of carbonyl (C=O) groups is 1. The maximum absolute atomic E-state index is 12.6. The summed E-state index contributed by atoms with van der Waals surface area (Å²) in [4.78, 5) is 13.2. The van der Waals surface area contributed by atoms with E-state index in [4.69, 9.17) is 4.74 Å². The fourth-order valence-corrected chi connectivity index (χ4v) is 3.07. The minimum atomic E-state index is -3.06. The molecule has 2 aliphatic rings. The molecule has 1 amide bonds. The van der Waals surface area contributed by atoms with Crippen LogP contribution in [0.1, 0.15) is 37.7 Å². The van der Waals surface area contributed by atoms with Crippen LogP contribution in [-0.4, -0.2) is 46.7 Å². The largest absolute Gasteiger partial charge is 0.435 e. The van der Waals surface area contributed by atoms with Crippen LogP contribution in [0, 0.1) is 5.92 Å². The van der Waals surface area contributed by atoms with E-state index in [1.807, 2.05) is 0 Å². The normalized spacial score (nSPS) is 20.9. The van der Waals surface area contributed by atoms with Crippen molar-refractivity contribution in [2.45, 2.75) is 44.7 Å². The van der Waals surface area contributed by atoms with Gasteiger partial charge in [-0.15, -0.1) is 0 Å². The molecule has 0 radical (unpaired) electrons. The second-order valence-corrected chi connectivity index (χ2v) is 6.57. The molecule has 3 rings (SSSR count). The second kappa shape index (κ2) is 6.76. The summed E-state index contributed by atoms with van der Waals surface area (Å²) in [5.41, 5.74) is 0.770. The van der Waals surface area contributed by atoms with Crippen LogP contribution in [0.2, 0.25) is 0 Å². The quantitative estimate of drug-likeness (QED) is 0.762. The SMILES string of the molecule is CC(=O)N1CCC(c2ccc(OC(F)F)c(OC(O)(O)C3CC3)c2)C1. The number of nitrogens with zero attached hydrogens (tertiary/aromatic N) is 1. The van der Waals surface area contributed by atoms with Crippen molar-refractivity contribution < 1.29 is 33.3 Å². The van der Waals surface area contributed by atoms with Crippen molar-refractivity contribution >= 4 is 5.91 Å². The standard InChI is InChI=1S/C17H21F2NO5/c1-10(21)20-7-6-12(9-20)11-2-5-14(24-16(18)19)15(8-11)25-17(22,23)13-3-4-13/h2,5,8,12-13,16,22-23H,3-4,6-7,9H2,1H3. The molecule has 0 aromatic heterocycles. The number of ether oxygens (including phenoxy) is 2. The zero-order valence-corrected chi connectivity index (χ0v) is 13.8. The molecule has 8 heteroatoms. The van der Waals surface area contributed by atoms with Crippen molar-refractivity contribution in [2.24, 2.45) is 5.92 Å². The smallest absolute Gasteiger partial charge is 0.387 e. The number of likely N-dealkylation sites (tertiary alicyclic amines) is 1. The first-order valence-corrected chi connectivity index (χ1v) is 8.24. The third-order valence-electron chi connectivity index (χ3n) is 4.66. The highest BCUT2D eigenvalue weighted by Crippen LogP contribution is 2.42. The molecule has 1 heterocycles. The highest BCUT2D eigenvalue weighted by Gasteiger charge is 2.45. The third-order valence-corrected chi connectivity index (χ3v) is 4.66. The van der Waals surface area contributed by atoms with Gasteiger partial charge in [-0.3, -0.25) is 4.79 Å². The van der Waals surface area contributed by atoms with E-state index in [0.717, 1.165) is 12.0 Å². The van der Waals surface area contributed by atoms with Crippen molar-refractivity contribution in [3.8, 4) is 11.5 Å². The van der Waals surface area contributed by atoms with E-state index in [0.29, 0.717) is 25.9 Å². The van der Waals surface area contributed by atoms with Gasteiger partial charge in [-0.25, -0.2) is 0 Å². The van der Waals surface area contributed by atoms with E-state index in [9.17, 15) is 23.8 Å². The minimum absolute atomic E-state index is 0.0184. The first-order valence-electron chi connectivity index (χ1n) is 8.24. The Morgan fingerprint density at radius 3 is 2.56 bits per heavy atom. The first-order chi connectivity index (χ1) is 11.8. The highest BCUT2D eigenvalue weighted by atomic mass is 19.3. The first kappa shape index (κ1) is 17.9. The number of hydrogen-bond donors (Lipinski definition) is 2. The summed E-state index contributed by atoms with van der Waals surface area (Å²) in [6.07, 6.45) is 1.92. The number of aliphatic hydroxyl groups is 2. The maximum atomic E-state index is 12.6. The van der Waals surface area contributed by atoms with Crippen LogP contribution >= 0.6 is 0 Å². The molecule has 1 unspecified atom stereocenters. The van der Waals surface area contributed by atoms with Gasteiger partial charge in [-0.1, -0.05) is 6.07 Å². The van der Waals surface area contributed by atoms with Crippen molar-refractivity contribution in [2.75, 3.05) is 13.1 Å². The Kier molecular flexibility index (Phi) is 4.83. The molecular formula is C17H21F2NO5. The highest BCUT2D eigenvalue weighted by molar-refractivity contribution is 5.73. The molecule has 1 saturated heterocycles. The lowest BCUT2D eigenvalue weighted by Gasteiger charge is -2.25. The van der Waals surface area contributed by atoms with Crippen LogP contribution in [0.4, 0.5) is 8.78 Å². The molecule has 138 valence electrons. The van der Waals surface area contributed by atoms with Gasteiger partial charge in [0.15, 0.2) is 11.5 Å². The van der Waals surface area contributed by atoms with E-state index in [2.05, 4.69) is 4.74 Å². The van der Waals surface area contributed by atoms with Gasteiger partial charge in [0.2, 0.25) is 5.91 Å².